The molecule has 0 atom stereocenters. The van der Waals surface area contributed by atoms with Crippen molar-refractivity contribution >= 4 is 28.4 Å². The Morgan fingerprint density at radius 3 is 2.67 bits per heavy atom. The van der Waals surface area contributed by atoms with Gasteiger partial charge in [0.25, 0.3) is 0 Å². The predicted molar refractivity (Wildman–Crippen MR) is 45.6 cm³/mol. The highest BCUT2D eigenvalue weighted by Crippen LogP contribution is 2.16. The summed E-state index contributed by atoms with van der Waals surface area (Å²) in [7, 11) is 0. The highest BCUT2D eigenvalue weighted by Gasteiger charge is 2.07. The fraction of sp³-hybridized carbons (Fsp3) is 0. The van der Waals surface area contributed by atoms with Crippen LogP contribution in [0.15, 0.2) is 23.4 Å². The molecule has 1 aromatic carbocycles. The van der Waals surface area contributed by atoms with Crippen molar-refractivity contribution < 1.29 is 9.60 Å². The maximum absolute atomic E-state index is 12.9. The third-order valence-corrected chi connectivity index (χ3v) is 1.76. The maximum atomic E-state index is 12.9. The summed E-state index contributed by atoms with van der Waals surface area (Å²) in [5.74, 6) is -0.620. The first-order chi connectivity index (χ1) is 5.65. The minimum atomic E-state index is -0.620. The first kappa shape index (κ1) is 9.29. The Hall–Kier alpha value is -0.800. The van der Waals surface area contributed by atoms with Crippen LogP contribution in [0.3, 0.4) is 0 Å². The highest BCUT2D eigenvalue weighted by atomic mass is 35.5. The molecule has 0 fully saturated rings. The molecule has 0 heterocycles. The largest absolute Gasteiger partial charge is 0.410 e. The lowest BCUT2D eigenvalue weighted by Gasteiger charge is -1.98. The fourth-order valence-corrected chi connectivity index (χ4v) is 1.02. The number of halogens is 3. The Bertz CT molecular complexity index is 327. The van der Waals surface area contributed by atoms with Crippen LogP contribution in [0.25, 0.3) is 0 Å². The van der Waals surface area contributed by atoms with E-state index in [0.717, 1.165) is 6.07 Å². The van der Waals surface area contributed by atoms with E-state index in [2.05, 4.69) is 5.16 Å². The summed E-state index contributed by atoms with van der Waals surface area (Å²) in [6.07, 6.45) is 0. The molecule has 0 aromatic heterocycles. The van der Waals surface area contributed by atoms with Crippen molar-refractivity contribution in [2.24, 2.45) is 5.16 Å². The first-order valence-electron chi connectivity index (χ1n) is 2.98. The number of benzene rings is 1. The van der Waals surface area contributed by atoms with Gasteiger partial charge >= 0.3 is 0 Å². The van der Waals surface area contributed by atoms with Crippen molar-refractivity contribution in [3.8, 4) is 0 Å². The molecule has 12 heavy (non-hydrogen) atoms. The highest BCUT2D eigenvalue weighted by molar-refractivity contribution is 6.69. The van der Waals surface area contributed by atoms with E-state index in [1.54, 1.807) is 0 Å². The second-order valence-corrected chi connectivity index (χ2v) is 2.81. The summed E-state index contributed by atoms with van der Waals surface area (Å²) in [4.78, 5) is 0. The number of oxime groups is 1. The van der Waals surface area contributed by atoms with Gasteiger partial charge in [0.1, 0.15) is 5.82 Å². The van der Waals surface area contributed by atoms with E-state index < -0.39 is 5.82 Å². The fourth-order valence-electron chi connectivity index (χ4n) is 0.711. The zero-order valence-electron chi connectivity index (χ0n) is 5.76. The van der Waals surface area contributed by atoms with Crippen LogP contribution in [-0.4, -0.2) is 10.4 Å². The van der Waals surface area contributed by atoms with Gasteiger partial charge < -0.3 is 5.21 Å². The number of nitrogens with zero attached hydrogens (tertiary/aromatic N) is 1. The molecule has 0 unspecified atom stereocenters. The summed E-state index contributed by atoms with van der Waals surface area (Å²) >= 11 is 10.8. The van der Waals surface area contributed by atoms with Crippen molar-refractivity contribution in [2.45, 2.75) is 0 Å². The molecule has 2 nitrogen and oxygen atoms in total. The summed E-state index contributed by atoms with van der Waals surface area (Å²) in [6.45, 7) is 0. The molecule has 0 amide bonds. The van der Waals surface area contributed by atoms with Crippen LogP contribution in [-0.2, 0) is 0 Å². The normalized spacial score (nSPS) is 11.8. The van der Waals surface area contributed by atoms with E-state index in [1.807, 2.05) is 0 Å². The van der Waals surface area contributed by atoms with Gasteiger partial charge in [0.15, 0.2) is 5.17 Å². The first-order valence-corrected chi connectivity index (χ1v) is 3.73. The van der Waals surface area contributed by atoms with Gasteiger partial charge in [-0.15, -0.1) is 0 Å². The average Bonchev–Trinajstić information content (AvgIpc) is 2.03. The molecule has 0 aliphatic carbocycles. The Labute approximate surface area is 78.2 Å². The average molecular weight is 208 g/mol. The SMILES string of the molecule is ON=C(Cl)c1ccc(Cl)cc1F. The lowest BCUT2D eigenvalue weighted by atomic mass is 10.2. The topological polar surface area (TPSA) is 32.6 Å². The van der Waals surface area contributed by atoms with E-state index in [9.17, 15) is 4.39 Å². The maximum Gasteiger partial charge on any atom is 0.178 e. The quantitative estimate of drug-likeness (QED) is 0.429. The minimum Gasteiger partial charge on any atom is -0.410 e. The van der Waals surface area contributed by atoms with Crippen molar-refractivity contribution in [3.63, 3.8) is 0 Å². The van der Waals surface area contributed by atoms with E-state index in [4.69, 9.17) is 28.4 Å². The molecular formula is C7H4Cl2FNO. The zero-order valence-corrected chi connectivity index (χ0v) is 7.27. The predicted octanol–water partition coefficient (Wildman–Crippen LogP) is 2.85. The number of hydrogen-bond donors (Lipinski definition) is 1. The Balaban J connectivity index is 3.18. The Morgan fingerprint density at radius 1 is 1.50 bits per heavy atom. The van der Waals surface area contributed by atoms with Crippen molar-refractivity contribution in [3.05, 3.63) is 34.6 Å². The van der Waals surface area contributed by atoms with Crippen molar-refractivity contribution in [2.75, 3.05) is 0 Å². The van der Waals surface area contributed by atoms with Gasteiger partial charge in [-0.1, -0.05) is 28.4 Å². The lowest BCUT2D eigenvalue weighted by Crippen LogP contribution is -1.95. The second-order valence-electron chi connectivity index (χ2n) is 2.01. The van der Waals surface area contributed by atoms with Crippen LogP contribution < -0.4 is 0 Å². The smallest absolute Gasteiger partial charge is 0.178 e. The van der Waals surface area contributed by atoms with Gasteiger partial charge in [-0.05, 0) is 18.2 Å². The molecule has 0 aliphatic rings. The van der Waals surface area contributed by atoms with Gasteiger partial charge in [0, 0.05) is 5.02 Å². The third-order valence-electron chi connectivity index (χ3n) is 1.24. The van der Waals surface area contributed by atoms with Gasteiger partial charge in [-0.3, -0.25) is 0 Å². The molecule has 64 valence electrons. The molecule has 1 N–H and O–H groups in total. The Kier molecular flexibility index (Phi) is 2.89. The Morgan fingerprint density at radius 2 is 2.17 bits per heavy atom. The second kappa shape index (κ2) is 3.74. The molecule has 1 aromatic rings. The molecule has 0 radical (unpaired) electrons. The lowest BCUT2D eigenvalue weighted by molar-refractivity contribution is 0.320. The number of rotatable bonds is 1. The molecule has 0 saturated carbocycles. The van der Waals surface area contributed by atoms with Crippen LogP contribution in [0.2, 0.25) is 5.02 Å². The monoisotopic (exact) mass is 207 g/mol. The molecule has 0 saturated heterocycles. The van der Waals surface area contributed by atoms with Crippen LogP contribution >= 0.6 is 23.2 Å². The van der Waals surface area contributed by atoms with Gasteiger partial charge in [-0.2, -0.15) is 0 Å². The van der Waals surface area contributed by atoms with E-state index in [1.165, 1.54) is 12.1 Å². The van der Waals surface area contributed by atoms with E-state index in [-0.39, 0.29) is 15.8 Å². The number of hydrogen-bond acceptors (Lipinski definition) is 2. The van der Waals surface area contributed by atoms with Gasteiger partial charge in [-0.25, -0.2) is 4.39 Å². The summed E-state index contributed by atoms with van der Waals surface area (Å²) in [6, 6.07) is 3.87. The standard InChI is InChI=1S/C7H4Cl2FNO/c8-4-1-2-5(6(10)3-4)7(9)11-12/h1-3,12H. The zero-order chi connectivity index (χ0) is 9.14. The van der Waals surface area contributed by atoms with E-state index in [0.29, 0.717) is 0 Å². The van der Waals surface area contributed by atoms with Crippen LogP contribution in [0.1, 0.15) is 5.56 Å². The molecule has 0 bridgehead atoms. The molecule has 0 aliphatic heterocycles. The van der Waals surface area contributed by atoms with Crippen molar-refractivity contribution in [1.82, 2.24) is 0 Å². The molecule has 5 heteroatoms. The van der Waals surface area contributed by atoms with E-state index >= 15 is 0 Å². The van der Waals surface area contributed by atoms with Crippen LogP contribution in [0.5, 0.6) is 0 Å². The summed E-state index contributed by atoms with van der Waals surface area (Å²) < 4.78 is 12.9. The van der Waals surface area contributed by atoms with Crippen LogP contribution in [0.4, 0.5) is 4.39 Å². The summed E-state index contributed by atoms with van der Waals surface area (Å²) in [5.41, 5.74) is 0.0172. The van der Waals surface area contributed by atoms with Gasteiger partial charge in [0.2, 0.25) is 0 Å². The summed E-state index contributed by atoms with van der Waals surface area (Å²) in [5, 5.41) is 10.8. The van der Waals surface area contributed by atoms with Crippen molar-refractivity contribution in [1.29, 1.82) is 0 Å². The molecule has 0 spiro atoms. The minimum absolute atomic E-state index is 0.0172. The van der Waals surface area contributed by atoms with Crippen LogP contribution in [0, 0.1) is 5.82 Å². The third kappa shape index (κ3) is 1.87. The molecular weight excluding hydrogens is 204 g/mol. The molecule has 1 rings (SSSR count). The van der Waals surface area contributed by atoms with Gasteiger partial charge in [0.05, 0.1) is 5.56 Å².